The molecular formula is C6H9Cl2N. The average Bonchev–Trinajstić information content (AvgIpc) is 2.54. The summed E-state index contributed by atoms with van der Waals surface area (Å²) in [7, 11) is 0. The number of halogens is 2. The number of alkyl halides is 1. The molecule has 3 heteroatoms. The zero-order valence-electron chi connectivity index (χ0n) is 5.11. The summed E-state index contributed by atoms with van der Waals surface area (Å²) in [5, 5.41) is 0. The van der Waals surface area contributed by atoms with Crippen LogP contribution in [0, 0.1) is 0 Å². The second kappa shape index (κ2) is 1.77. The first-order chi connectivity index (χ1) is 4.22. The third-order valence-corrected chi connectivity index (χ3v) is 3.16. The summed E-state index contributed by atoms with van der Waals surface area (Å²) in [6.07, 6.45) is 4.60. The van der Waals surface area contributed by atoms with Crippen molar-refractivity contribution in [2.45, 2.75) is 36.7 Å². The number of hydrogen-bond acceptors (Lipinski definition) is 1. The zero-order valence-corrected chi connectivity index (χ0v) is 6.62. The summed E-state index contributed by atoms with van der Waals surface area (Å²) in [5.41, 5.74) is 0. The minimum absolute atomic E-state index is 0.136. The molecule has 0 heterocycles. The molecule has 2 rings (SSSR count). The predicted octanol–water partition coefficient (Wildman–Crippen LogP) is 2.33. The maximum atomic E-state index is 6.02. The minimum atomic E-state index is -0.136. The van der Waals surface area contributed by atoms with Crippen LogP contribution in [0.15, 0.2) is 0 Å². The van der Waals surface area contributed by atoms with Gasteiger partial charge in [0.1, 0.15) is 5.00 Å². The van der Waals surface area contributed by atoms with Gasteiger partial charge in [-0.15, -0.1) is 11.6 Å². The van der Waals surface area contributed by atoms with E-state index in [4.69, 9.17) is 23.4 Å². The second-order valence-electron chi connectivity index (χ2n) is 2.96. The van der Waals surface area contributed by atoms with E-state index in [1.165, 1.54) is 12.8 Å². The van der Waals surface area contributed by atoms with Gasteiger partial charge in [0.2, 0.25) is 0 Å². The first kappa shape index (κ1) is 6.26. The van der Waals surface area contributed by atoms with E-state index < -0.39 is 0 Å². The molecule has 1 nitrogen and oxygen atoms in total. The standard InChI is InChI=1S/C6H9Cl2N/c7-6(3-4-6)9(8)5-1-2-5/h5H,1-4H2. The summed E-state index contributed by atoms with van der Waals surface area (Å²) in [6, 6.07) is 0.590. The summed E-state index contributed by atoms with van der Waals surface area (Å²) in [5.74, 6) is 0. The van der Waals surface area contributed by atoms with Gasteiger partial charge in [-0.1, -0.05) is 0 Å². The Kier molecular flexibility index (Phi) is 1.24. The third-order valence-electron chi connectivity index (χ3n) is 1.91. The van der Waals surface area contributed by atoms with Crippen molar-refractivity contribution in [3.63, 3.8) is 0 Å². The van der Waals surface area contributed by atoms with Crippen LogP contribution in [0.2, 0.25) is 0 Å². The van der Waals surface area contributed by atoms with E-state index in [0.29, 0.717) is 6.04 Å². The summed E-state index contributed by atoms with van der Waals surface area (Å²) in [4.78, 5) is -0.136. The van der Waals surface area contributed by atoms with E-state index in [0.717, 1.165) is 12.8 Å². The largest absolute Gasteiger partial charge is 0.196 e. The quantitative estimate of drug-likeness (QED) is 0.345. The van der Waals surface area contributed by atoms with Crippen molar-refractivity contribution < 1.29 is 0 Å². The van der Waals surface area contributed by atoms with E-state index in [9.17, 15) is 0 Å². The van der Waals surface area contributed by atoms with Crippen LogP contribution in [0.3, 0.4) is 0 Å². The van der Waals surface area contributed by atoms with Crippen molar-refractivity contribution in [2.75, 3.05) is 0 Å². The van der Waals surface area contributed by atoms with Gasteiger partial charge in [0.15, 0.2) is 0 Å². The minimum Gasteiger partial charge on any atom is -0.196 e. The predicted molar refractivity (Wildman–Crippen MR) is 38.5 cm³/mol. The molecule has 0 aliphatic heterocycles. The fourth-order valence-electron chi connectivity index (χ4n) is 0.945. The molecule has 2 aliphatic carbocycles. The van der Waals surface area contributed by atoms with Crippen molar-refractivity contribution in [1.29, 1.82) is 0 Å². The highest BCUT2D eigenvalue weighted by molar-refractivity contribution is 6.29. The Morgan fingerprint density at radius 2 is 1.89 bits per heavy atom. The van der Waals surface area contributed by atoms with Crippen LogP contribution in [0.25, 0.3) is 0 Å². The molecule has 52 valence electrons. The lowest BCUT2D eigenvalue weighted by Crippen LogP contribution is -2.25. The Labute approximate surface area is 65.0 Å². The second-order valence-corrected chi connectivity index (χ2v) is 4.03. The lowest BCUT2D eigenvalue weighted by atomic mass is 10.6. The summed E-state index contributed by atoms with van der Waals surface area (Å²) >= 11 is 11.9. The fourth-order valence-corrected chi connectivity index (χ4v) is 1.54. The Bertz CT molecular complexity index is 129. The van der Waals surface area contributed by atoms with E-state index >= 15 is 0 Å². The van der Waals surface area contributed by atoms with Crippen molar-refractivity contribution in [1.82, 2.24) is 4.42 Å². The number of hydrogen-bond donors (Lipinski definition) is 0. The lowest BCUT2D eigenvalue weighted by Gasteiger charge is -2.17. The molecule has 2 saturated carbocycles. The van der Waals surface area contributed by atoms with Crippen molar-refractivity contribution in [2.24, 2.45) is 0 Å². The van der Waals surface area contributed by atoms with E-state index in [1.54, 1.807) is 0 Å². The average molecular weight is 166 g/mol. The van der Waals surface area contributed by atoms with Gasteiger partial charge in [-0.05, 0) is 37.5 Å². The Hall–Kier alpha value is 0.540. The highest BCUT2D eigenvalue weighted by Crippen LogP contribution is 2.51. The third kappa shape index (κ3) is 1.06. The van der Waals surface area contributed by atoms with E-state index in [-0.39, 0.29) is 5.00 Å². The number of nitrogens with zero attached hydrogens (tertiary/aromatic N) is 1. The van der Waals surface area contributed by atoms with Crippen LogP contribution in [0.5, 0.6) is 0 Å². The van der Waals surface area contributed by atoms with Gasteiger partial charge in [0, 0.05) is 6.04 Å². The molecule has 0 aromatic carbocycles. The molecule has 2 fully saturated rings. The Morgan fingerprint density at radius 1 is 1.33 bits per heavy atom. The van der Waals surface area contributed by atoms with Crippen LogP contribution >= 0.6 is 23.4 Å². The molecule has 9 heavy (non-hydrogen) atoms. The monoisotopic (exact) mass is 165 g/mol. The van der Waals surface area contributed by atoms with Crippen LogP contribution in [0.4, 0.5) is 0 Å². The molecule has 0 aromatic heterocycles. The Morgan fingerprint density at radius 3 is 2.22 bits per heavy atom. The highest BCUT2D eigenvalue weighted by Gasteiger charge is 2.51. The fraction of sp³-hybridized carbons (Fsp3) is 1.00. The molecule has 2 aliphatic rings. The summed E-state index contributed by atoms with van der Waals surface area (Å²) in [6.45, 7) is 0. The van der Waals surface area contributed by atoms with Gasteiger partial charge >= 0.3 is 0 Å². The van der Waals surface area contributed by atoms with Crippen LogP contribution < -0.4 is 0 Å². The topological polar surface area (TPSA) is 3.24 Å². The molecule has 0 N–H and O–H groups in total. The van der Waals surface area contributed by atoms with Gasteiger partial charge in [-0.3, -0.25) is 0 Å². The van der Waals surface area contributed by atoms with E-state index in [1.807, 2.05) is 4.42 Å². The summed E-state index contributed by atoms with van der Waals surface area (Å²) < 4.78 is 1.81. The van der Waals surface area contributed by atoms with Crippen molar-refractivity contribution in [3.05, 3.63) is 0 Å². The maximum absolute atomic E-state index is 6.02. The molecule has 0 radical (unpaired) electrons. The van der Waals surface area contributed by atoms with Crippen molar-refractivity contribution >= 4 is 23.4 Å². The zero-order chi connectivity index (χ0) is 6.48. The SMILES string of the molecule is ClN(C1CC1)C1(Cl)CC1. The molecular weight excluding hydrogens is 157 g/mol. The molecule has 0 bridgehead atoms. The van der Waals surface area contributed by atoms with Crippen molar-refractivity contribution in [3.8, 4) is 0 Å². The van der Waals surface area contributed by atoms with Crippen LogP contribution in [-0.2, 0) is 0 Å². The maximum Gasteiger partial charge on any atom is 0.110 e. The molecule has 0 spiro atoms. The highest BCUT2D eigenvalue weighted by atomic mass is 35.5. The Balaban J connectivity index is 1.95. The first-order valence-corrected chi connectivity index (χ1v) is 4.08. The van der Waals surface area contributed by atoms with Gasteiger partial charge in [-0.2, -0.15) is 4.42 Å². The van der Waals surface area contributed by atoms with Crippen LogP contribution in [-0.4, -0.2) is 15.5 Å². The normalized spacial score (nSPS) is 31.0. The van der Waals surface area contributed by atoms with Gasteiger partial charge in [-0.25, -0.2) is 0 Å². The van der Waals surface area contributed by atoms with Gasteiger partial charge < -0.3 is 0 Å². The van der Waals surface area contributed by atoms with Gasteiger partial charge in [0.05, 0.1) is 0 Å². The smallest absolute Gasteiger partial charge is 0.110 e. The molecule has 0 amide bonds. The molecule has 0 unspecified atom stereocenters. The lowest BCUT2D eigenvalue weighted by molar-refractivity contribution is 0.400. The van der Waals surface area contributed by atoms with E-state index in [2.05, 4.69) is 0 Å². The van der Waals surface area contributed by atoms with Gasteiger partial charge in [0.25, 0.3) is 0 Å². The molecule has 0 saturated heterocycles. The van der Waals surface area contributed by atoms with Crippen LogP contribution in [0.1, 0.15) is 25.7 Å². The molecule has 0 atom stereocenters. The molecule has 0 aromatic rings. The number of rotatable bonds is 2. The first-order valence-electron chi connectivity index (χ1n) is 3.36.